The lowest BCUT2D eigenvalue weighted by molar-refractivity contribution is 0.559. The monoisotopic (exact) mass is 221 g/mol. The predicted octanol–water partition coefficient (Wildman–Crippen LogP) is 2.40. The maximum atomic E-state index is 4.39. The van der Waals surface area contributed by atoms with E-state index in [0.29, 0.717) is 0 Å². The van der Waals surface area contributed by atoms with Gasteiger partial charge in [-0.2, -0.15) is 5.10 Å². The molecule has 0 aromatic carbocycles. The van der Waals surface area contributed by atoms with Crippen molar-refractivity contribution in [3.05, 3.63) is 18.0 Å². The Labute approximate surface area is 98.2 Å². The molecule has 3 nitrogen and oxygen atoms in total. The van der Waals surface area contributed by atoms with Gasteiger partial charge in [0.15, 0.2) is 0 Å². The molecule has 0 radical (unpaired) electrons. The van der Waals surface area contributed by atoms with Crippen molar-refractivity contribution in [2.24, 2.45) is 5.92 Å². The maximum Gasteiger partial charge on any atom is 0.0492 e. The fraction of sp³-hybridized carbons (Fsp3) is 0.769. The first-order valence-corrected chi connectivity index (χ1v) is 6.59. The number of aryl methyl sites for hydroxylation is 1. The minimum absolute atomic E-state index is 0.762. The largest absolute Gasteiger partial charge is 0.316 e. The third kappa shape index (κ3) is 2.64. The van der Waals surface area contributed by atoms with E-state index in [2.05, 4.69) is 35.0 Å². The van der Waals surface area contributed by atoms with Crippen LogP contribution in [0, 0.1) is 5.92 Å². The van der Waals surface area contributed by atoms with E-state index in [9.17, 15) is 0 Å². The Hall–Kier alpha value is -0.830. The van der Waals surface area contributed by atoms with Crippen LogP contribution in [0.1, 0.15) is 44.7 Å². The Bertz CT molecular complexity index is 319. The molecule has 0 spiro atoms. The lowest BCUT2D eigenvalue weighted by Crippen LogP contribution is -2.18. The average Bonchev–Trinajstić information content (AvgIpc) is 2.90. The smallest absolute Gasteiger partial charge is 0.0492 e. The van der Waals surface area contributed by atoms with Gasteiger partial charge in [-0.1, -0.05) is 13.8 Å². The summed E-state index contributed by atoms with van der Waals surface area (Å²) in [5, 5.41) is 7.91. The third-order valence-electron chi connectivity index (χ3n) is 3.32. The molecule has 90 valence electrons. The molecule has 1 fully saturated rings. The van der Waals surface area contributed by atoms with Crippen LogP contribution in [0.5, 0.6) is 0 Å². The molecule has 1 aromatic rings. The van der Waals surface area contributed by atoms with Crippen LogP contribution in [0.15, 0.2) is 12.3 Å². The van der Waals surface area contributed by atoms with Crippen molar-refractivity contribution in [3.63, 3.8) is 0 Å². The fourth-order valence-corrected chi connectivity index (χ4v) is 2.36. The first-order chi connectivity index (χ1) is 7.86. The van der Waals surface area contributed by atoms with Crippen LogP contribution < -0.4 is 5.32 Å². The molecule has 1 aromatic heterocycles. The number of hydrogen-bond donors (Lipinski definition) is 1. The van der Waals surface area contributed by atoms with Crippen LogP contribution in [0.3, 0.4) is 0 Å². The van der Waals surface area contributed by atoms with Crippen LogP contribution >= 0.6 is 0 Å². The van der Waals surface area contributed by atoms with Crippen molar-refractivity contribution in [2.45, 2.75) is 45.6 Å². The second kappa shape index (κ2) is 5.48. The molecule has 0 saturated heterocycles. The SMILES string of the molecule is CCCNCC1CC1c1ccnn1CCC. The first kappa shape index (κ1) is 11.6. The van der Waals surface area contributed by atoms with Crippen LogP contribution in [0.2, 0.25) is 0 Å². The molecule has 1 heterocycles. The fourth-order valence-electron chi connectivity index (χ4n) is 2.36. The Balaban J connectivity index is 1.83. The van der Waals surface area contributed by atoms with E-state index >= 15 is 0 Å². The third-order valence-corrected chi connectivity index (χ3v) is 3.32. The summed E-state index contributed by atoms with van der Waals surface area (Å²) in [5.41, 5.74) is 1.45. The zero-order valence-corrected chi connectivity index (χ0v) is 10.4. The Kier molecular flexibility index (Phi) is 3.99. The molecular formula is C13H23N3. The van der Waals surface area contributed by atoms with Gasteiger partial charge in [0.25, 0.3) is 0 Å². The topological polar surface area (TPSA) is 29.9 Å². The predicted molar refractivity (Wildman–Crippen MR) is 66.5 cm³/mol. The molecule has 2 atom stereocenters. The van der Waals surface area contributed by atoms with E-state index < -0.39 is 0 Å². The zero-order chi connectivity index (χ0) is 11.4. The highest BCUT2D eigenvalue weighted by Gasteiger charge is 2.39. The van der Waals surface area contributed by atoms with Gasteiger partial charge >= 0.3 is 0 Å². The van der Waals surface area contributed by atoms with Crippen molar-refractivity contribution >= 4 is 0 Å². The molecule has 1 N–H and O–H groups in total. The first-order valence-electron chi connectivity index (χ1n) is 6.59. The molecule has 1 saturated carbocycles. The summed E-state index contributed by atoms with van der Waals surface area (Å²) in [6.45, 7) is 7.81. The Morgan fingerprint density at radius 1 is 1.44 bits per heavy atom. The highest BCUT2D eigenvalue weighted by Crippen LogP contribution is 2.46. The number of nitrogens with zero attached hydrogens (tertiary/aromatic N) is 2. The lowest BCUT2D eigenvalue weighted by atomic mass is 10.2. The number of nitrogens with one attached hydrogen (secondary N) is 1. The second-order valence-electron chi connectivity index (χ2n) is 4.79. The maximum absolute atomic E-state index is 4.39. The summed E-state index contributed by atoms with van der Waals surface area (Å²) in [7, 11) is 0. The van der Waals surface area contributed by atoms with Crippen LogP contribution in [0.4, 0.5) is 0 Å². The minimum atomic E-state index is 0.762. The van der Waals surface area contributed by atoms with Crippen molar-refractivity contribution in [3.8, 4) is 0 Å². The number of rotatable bonds is 7. The van der Waals surface area contributed by atoms with Gasteiger partial charge < -0.3 is 5.32 Å². The van der Waals surface area contributed by atoms with Crippen molar-refractivity contribution in [1.82, 2.24) is 15.1 Å². The zero-order valence-electron chi connectivity index (χ0n) is 10.4. The molecule has 2 rings (SSSR count). The van der Waals surface area contributed by atoms with Gasteiger partial charge in [-0.15, -0.1) is 0 Å². The summed E-state index contributed by atoms with van der Waals surface area (Å²) in [6.07, 6.45) is 5.68. The van der Waals surface area contributed by atoms with E-state index in [0.717, 1.165) is 24.9 Å². The summed E-state index contributed by atoms with van der Waals surface area (Å²) in [4.78, 5) is 0. The van der Waals surface area contributed by atoms with Gasteiger partial charge in [-0.25, -0.2) is 0 Å². The van der Waals surface area contributed by atoms with Crippen LogP contribution in [0.25, 0.3) is 0 Å². The van der Waals surface area contributed by atoms with Gasteiger partial charge in [0, 0.05) is 24.4 Å². The highest BCUT2D eigenvalue weighted by molar-refractivity contribution is 5.17. The summed E-state index contributed by atoms with van der Waals surface area (Å²) in [5.74, 6) is 1.61. The van der Waals surface area contributed by atoms with E-state index in [-0.39, 0.29) is 0 Å². The van der Waals surface area contributed by atoms with E-state index in [1.165, 1.54) is 31.5 Å². The van der Waals surface area contributed by atoms with E-state index in [1.54, 1.807) is 0 Å². The van der Waals surface area contributed by atoms with E-state index in [4.69, 9.17) is 0 Å². The lowest BCUT2D eigenvalue weighted by Gasteiger charge is -2.06. The number of aromatic nitrogens is 2. The molecule has 0 bridgehead atoms. The molecular weight excluding hydrogens is 198 g/mol. The van der Waals surface area contributed by atoms with Crippen LogP contribution in [-0.4, -0.2) is 22.9 Å². The molecule has 0 amide bonds. The van der Waals surface area contributed by atoms with Gasteiger partial charge in [-0.3, -0.25) is 4.68 Å². The normalized spacial score (nSPS) is 23.6. The summed E-state index contributed by atoms with van der Waals surface area (Å²) in [6, 6.07) is 2.19. The quantitative estimate of drug-likeness (QED) is 0.717. The van der Waals surface area contributed by atoms with Gasteiger partial charge in [0.05, 0.1) is 0 Å². The van der Waals surface area contributed by atoms with Gasteiger partial charge in [0.2, 0.25) is 0 Å². The molecule has 16 heavy (non-hydrogen) atoms. The minimum Gasteiger partial charge on any atom is -0.316 e. The number of hydrogen-bond acceptors (Lipinski definition) is 2. The molecule has 1 aliphatic carbocycles. The second-order valence-corrected chi connectivity index (χ2v) is 4.79. The van der Waals surface area contributed by atoms with Crippen molar-refractivity contribution in [2.75, 3.05) is 13.1 Å². The molecule has 1 aliphatic rings. The van der Waals surface area contributed by atoms with Gasteiger partial charge in [0.1, 0.15) is 0 Å². The highest BCUT2D eigenvalue weighted by atomic mass is 15.3. The summed E-state index contributed by atoms with van der Waals surface area (Å²) >= 11 is 0. The van der Waals surface area contributed by atoms with Crippen LogP contribution in [-0.2, 0) is 6.54 Å². The standard InChI is InChI=1S/C13H23N3/c1-3-6-14-10-11-9-12(11)13-5-7-15-16(13)8-4-2/h5,7,11-12,14H,3-4,6,8-10H2,1-2H3. The molecule has 2 unspecified atom stereocenters. The Morgan fingerprint density at radius 3 is 3.06 bits per heavy atom. The summed E-state index contributed by atoms with van der Waals surface area (Å²) < 4.78 is 2.19. The molecule has 3 heteroatoms. The van der Waals surface area contributed by atoms with E-state index in [1.807, 2.05) is 6.20 Å². The Morgan fingerprint density at radius 2 is 2.31 bits per heavy atom. The van der Waals surface area contributed by atoms with Gasteiger partial charge in [-0.05, 0) is 44.3 Å². The van der Waals surface area contributed by atoms with Crippen molar-refractivity contribution in [1.29, 1.82) is 0 Å². The average molecular weight is 221 g/mol. The molecule has 0 aliphatic heterocycles. The van der Waals surface area contributed by atoms with Crippen molar-refractivity contribution < 1.29 is 0 Å².